The van der Waals surface area contributed by atoms with Crippen molar-refractivity contribution in [2.24, 2.45) is 0 Å². The van der Waals surface area contributed by atoms with Gasteiger partial charge in [0, 0.05) is 18.8 Å². The fraction of sp³-hybridized carbons (Fsp3) is 0.214. The first-order chi connectivity index (χ1) is 8.65. The highest BCUT2D eigenvalue weighted by Gasteiger charge is 2.00. The van der Waals surface area contributed by atoms with E-state index in [9.17, 15) is 5.11 Å². The maximum atomic E-state index is 9.40. The van der Waals surface area contributed by atoms with Gasteiger partial charge in [-0.1, -0.05) is 12.1 Å². The van der Waals surface area contributed by atoms with Gasteiger partial charge >= 0.3 is 0 Å². The Morgan fingerprint density at radius 2 is 2.06 bits per heavy atom. The third-order valence-electron chi connectivity index (χ3n) is 2.59. The van der Waals surface area contributed by atoms with Crippen LogP contribution in [0.3, 0.4) is 0 Å². The van der Waals surface area contributed by atoms with Crippen molar-refractivity contribution in [2.75, 3.05) is 0 Å². The molecule has 2 rings (SSSR count). The lowest BCUT2D eigenvalue weighted by molar-refractivity contribution is 0.471. The molecule has 3 nitrogen and oxygen atoms in total. The van der Waals surface area contributed by atoms with E-state index in [0.29, 0.717) is 0 Å². The van der Waals surface area contributed by atoms with Crippen LogP contribution < -0.4 is 5.32 Å². The van der Waals surface area contributed by atoms with Gasteiger partial charge in [-0.25, -0.2) is 0 Å². The molecule has 4 heteroatoms. The zero-order chi connectivity index (χ0) is 13.0. The van der Waals surface area contributed by atoms with Crippen LogP contribution in [0.2, 0.25) is 0 Å². The summed E-state index contributed by atoms with van der Waals surface area (Å²) < 4.78 is 0.718. The van der Waals surface area contributed by atoms with Crippen molar-refractivity contribution in [3.05, 3.63) is 57.8 Å². The number of hydrogen-bond donors (Lipinski definition) is 2. The number of hydrogen-bond acceptors (Lipinski definition) is 3. The molecule has 1 aromatic heterocycles. The molecule has 0 aliphatic carbocycles. The summed E-state index contributed by atoms with van der Waals surface area (Å²) >= 11 is 3.30. The Morgan fingerprint density at radius 3 is 2.78 bits per heavy atom. The summed E-state index contributed by atoms with van der Waals surface area (Å²) in [5.74, 6) is 0.263. The van der Waals surface area contributed by atoms with Crippen molar-refractivity contribution in [1.29, 1.82) is 0 Å². The fourth-order valence-corrected chi connectivity index (χ4v) is 2.12. The van der Waals surface area contributed by atoms with E-state index in [-0.39, 0.29) is 5.75 Å². The molecular weight excluding hydrogens is 292 g/mol. The summed E-state index contributed by atoms with van der Waals surface area (Å²) in [6.45, 7) is 3.47. The molecule has 0 fully saturated rings. The van der Waals surface area contributed by atoms with E-state index in [1.807, 2.05) is 37.3 Å². The minimum atomic E-state index is 0.263. The minimum Gasteiger partial charge on any atom is -0.507 e. The number of rotatable bonds is 4. The van der Waals surface area contributed by atoms with Gasteiger partial charge in [-0.15, -0.1) is 0 Å². The van der Waals surface area contributed by atoms with Crippen LogP contribution in [0, 0.1) is 6.92 Å². The van der Waals surface area contributed by atoms with E-state index >= 15 is 0 Å². The van der Waals surface area contributed by atoms with Crippen LogP contribution in [0.5, 0.6) is 5.75 Å². The summed E-state index contributed by atoms with van der Waals surface area (Å²) in [7, 11) is 0. The van der Waals surface area contributed by atoms with Gasteiger partial charge in [-0.05, 0) is 52.7 Å². The number of pyridine rings is 1. The second-order valence-electron chi connectivity index (χ2n) is 4.16. The molecule has 94 valence electrons. The summed E-state index contributed by atoms with van der Waals surface area (Å²) in [4.78, 5) is 4.42. The van der Waals surface area contributed by atoms with Crippen molar-refractivity contribution in [2.45, 2.75) is 20.0 Å². The molecule has 2 aromatic rings. The second kappa shape index (κ2) is 5.98. The molecule has 0 amide bonds. The highest BCUT2D eigenvalue weighted by Crippen LogP contribution is 2.24. The first-order valence-corrected chi connectivity index (χ1v) is 6.55. The molecule has 2 N–H and O–H groups in total. The summed E-state index contributed by atoms with van der Waals surface area (Å²) in [5.41, 5.74) is 3.18. The molecule has 18 heavy (non-hydrogen) atoms. The van der Waals surface area contributed by atoms with Crippen molar-refractivity contribution in [3.8, 4) is 5.75 Å². The maximum absolute atomic E-state index is 9.40. The number of halogens is 1. The number of phenolic OH excluding ortho intramolecular Hbond substituents is 1. The third-order valence-corrected chi connectivity index (χ3v) is 3.23. The topological polar surface area (TPSA) is 45.1 Å². The number of phenols is 1. The quantitative estimate of drug-likeness (QED) is 0.912. The van der Waals surface area contributed by atoms with Crippen molar-refractivity contribution in [1.82, 2.24) is 10.3 Å². The molecule has 0 unspecified atom stereocenters. The van der Waals surface area contributed by atoms with Gasteiger partial charge in [0.25, 0.3) is 0 Å². The lowest BCUT2D eigenvalue weighted by atomic mass is 10.2. The maximum Gasteiger partial charge on any atom is 0.129 e. The molecule has 0 aliphatic rings. The predicted octanol–water partition coefficient (Wildman–Crippen LogP) is 3.15. The van der Waals surface area contributed by atoms with Gasteiger partial charge in [0.1, 0.15) is 5.75 Å². The van der Waals surface area contributed by atoms with Crippen LogP contribution >= 0.6 is 15.9 Å². The Bertz CT molecular complexity index is 543. The van der Waals surface area contributed by atoms with E-state index in [2.05, 4.69) is 26.2 Å². The molecule has 0 atom stereocenters. The smallest absolute Gasteiger partial charge is 0.129 e. The summed E-state index contributed by atoms with van der Waals surface area (Å²) in [6.07, 6.45) is 0. The summed E-state index contributed by atoms with van der Waals surface area (Å²) in [6, 6.07) is 11.5. The molecule has 1 aromatic carbocycles. The van der Waals surface area contributed by atoms with Crippen molar-refractivity contribution >= 4 is 15.9 Å². The molecular formula is C14H15BrN2O. The van der Waals surface area contributed by atoms with Crippen LogP contribution in [0.25, 0.3) is 0 Å². The Hall–Kier alpha value is -1.39. The molecule has 0 radical (unpaired) electrons. The number of benzene rings is 1. The largest absolute Gasteiger partial charge is 0.507 e. The van der Waals surface area contributed by atoms with E-state index in [1.165, 1.54) is 0 Å². The highest BCUT2D eigenvalue weighted by molar-refractivity contribution is 9.10. The molecule has 0 bridgehead atoms. The first-order valence-electron chi connectivity index (χ1n) is 5.76. The van der Waals surface area contributed by atoms with Crippen molar-refractivity contribution < 1.29 is 5.11 Å². The zero-order valence-electron chi connectivity index (χ0n) is 10.2. The Balaban J connectivity index is 1.90. The number of aryl methyl sites for hydroxylation is 1. The minimum absolute atomic E-state index is 0.263. The van der Waals surface area contributed by atoms with Crippen LogP contribution in [0.1, 0.15) is 17.0 Å². The third kappa shape index (κ3) is 3.55. The van der Waals surface area contributed by atoms with E-state index < -0.39 is 0 Å². The Kier molecular flexibility index (Phi) is 4.33. The standard InChI is InChI=1S/C14H15BrN2O/c1-10-3-2-4-12(17-10)9-16-8-11-5-6-14(18)13(15)7-11/h2-7,16,18H,8-9H2,1H3. The zero-order valence-corrected chi connectivity index (χ0v) is 11.7. The average Bonchev–Trinajstić information content (AvgIpc) is 2.34. The fourth-order valence-electron chi connectivity index (χ4n) is 1.69. The monoisotopic (exact) mass is 306 g/mol. The van der Waals surface area contributed by atoms with Gasteiger partial charge in [-0.3, -0.25) is 4.98 Å². The molecule has 0 saturated heterocycles. The van der Waals surface area contributed by atoms with E-state index in [4.69, 9.17) is 0 Å². The summed E-state index contributed by atoms with van der Waals surface area (Å²) in [5, 5.41) is 12.7. The molecule has 0 saturated carbocycles. The Morgan fingerprint density at radius 1 is 1.22 bits per heavy atom. The molecule has 0 spiro atoms. The van der Waals surface area contributed by atoms with E-state index in [1.54, 1.807) is 6.07 Å². The van der Waals surface area contributed by atoms with E-state index in [0.717, 1.165) is 34.5 Å². The second-order valence-corrected chi connectivity index (χ2v) is 5.01. The number of aromatic nitrogens is 1. The van der Waals surface area contributed by atoms with Crippen LogP contribution in [-0.4, -0.2) is 10.1 Å². The van der Waals surface area contributed by atoms with Crippen LogP contribution in [-0.2, 0) is 13.1 Å². The van der Waals surface area contributed by atoms with Gasteiger partial charge in [0.15, 0.2) is 0 Å². The highest BCUT2D eigenvalue weighted by atomic mass is 79.9. The lowest BCUT2D eigenvalue weighted by Gasteiger charge is -2.06. The van der Waals surface area contributed by atoms with Gasteiger partial charge < -0.3 is 10.4 Å². The molecule has 0 aliphatic heterocycles. The average molecular weight is 307 g/mol. The Labute approximate surface area is 115 Å². The SMILES string of the molecule is Cc1cccc(CNCc2ccc(O)c(Br)c2)n1. The van der Waals surface area contributed by atoms with Crippen LogP contribution in [0.15, 0.2) is 40.9 Å². The normalized spacial score (nSPS) is 10.6. The van der Waals surface area contributed by atoms with Crippen LogP contribution in [0.4, 0.5) is 0 Å². The predicted molar refractivity (Wildman–Crippen MR) is 75.3 cm³/mol. The number of nitrogens with zero attached hydrogens (tertiary/aromatic N) is 1. The number of nitrogens with one attached hydrogen (secondary N) is 1. The van der Waals surface area contributed by atoms with Gasteiger partial charge in [0.2, 0.25) is 0 Å². The molecule has 1 heterocycles. The van der Waals surface area contributed by atoms with Gasteiger partial charge in [-0.2, -0.15) is 0 Å². The number of aromatic hydroxyl groups is 1. The van der Waals surface area contributed by atoms with Crippen molar-refractivity contribution in [3.63, 3.8) is 0 Å². The van der Waals surface area contributed by atoms with Gasteiger partial charge in [0.05, 0.1) is 10.2 Å². The lowest BCUT2D eigenvalue weighted by Crippen LogP contribution is -2.13. The first kappa shape index (κ1) is 13.1.